The highest BCUT2D eigenvalue weighted by Crippen LogP contribution is 2.25. The first-order chi connectivity index (χ1) is 18.9. The van der Waals surface area contributed by atoms with Crippen LogP contribution in [0.25, 0.3) is 11.1 Å². The van der Waals surface area contributed by atoms with E-state index in [1.165, 1.54) is 19.3 Å². The Morgan fingerprint density at radius 3 is 2.26 bits per heavy atom. The summed E-state index contributed by atoms with van der Waals surface area (Å²) in [5.74, 6) is -1.76. The molecule has 0 spiro atoms. The van der Waals surface area contributed by atoms with Gasteiger partial charge in [-0.1, -0.05) is 99.3 Å². The molecule has 39 heavy (non-hydrogen) atoms. The van der Waals surface area contributed by atoms with Gasteiger partial charge in [-0.2, -0.15) is 0 Å². The number of amides is 2. The second-order valence-electron chi connectivity index (χ2n) is 9.64. The molecular formula is C32H38N2O5. The summed E-state index contributed by atoms with van der Waals surface area (Å²) in [6, 6.07) is 24.1. The van der Waals surface area contributed by atoms with Gasteiger partial charge in [0.1, 0.15) is 0 Å². The number of ether oxygens (including phenoxy) is 1. The van der Waals surface area contributed by atoms with E-state index in [1.807, 2.05) is 66.7 Å². The van der Waals surface area contributed by atoms with E-state index in [-0.39, 0.29) is 18.9 Å². The van der Waals surface area contributed by atoms with Gasteiger partial charge in [0.25, 0.3) is 0 Å². The monoisotopic (exact) mass is 530 g/mol. The van der Waals surface area contributed by atoms with Gasteiger partial charge in [0.15, 0.2) is 0 Å². The number of hydrogen-bond acceptors (Lipinski definition) is 4. The lowest BCUT2D eigenvalue weighted by Crippen LogP contribution is -2.37. The molecule has 0 aromatic heterocycles. The van der Waals surface area contributed by atoms with Gasteiger partial charge < -0.3 is 15.2 Å². The number of nitrogens with one attached hydrogen (secondary N) is 1. The quantitative estimate of drug-likeness (QED) is 0.190. The molecule has 0 bridgehead atoms. The number of nitrogens with zero attached hydrogens (tertiary/aromatic N) is 1. The van der Waals surface area contributed by atoms with Crippen molar-refractivity contribution in [3.63, 3.8) is 0 Å². The summed E-state index contributed by atoms with van der Waals surface area (Å²) < 4.78 is 5.27. The van der Waals surface area contributed by atoms with Crippen molar-refractivity contribution in [3.05, 3.63) is 90.0 Å². The maximum atomic E-state index is 12.6. The van der Waals surface area contributed by atoms with Crippen molar-refractivity contribution in [2.75, 3.05) is 18.5 Å². The lowest BCUT2D eigenvalue weighted by Gasteiger charge is -2.19. The Balaban J connectivity index is 1.57. The van der Waals surface area contributed by atoms with E-state index >= 15 is 0 Å². The number of rotatable bonds is 14. The van der Waals surface area contributed by atoms with E-state index in [9.17, 15) is 19.5 Å². The van der Waals surface area contributed by atoms with E-state index in [4.69, 9.17) is 4.74 Å². The van der Waals surface area contributed by atoms with Crippen LogP contribution in [0.5, 0.6) is 0 Å². The Morgan fingerprint density at radius 2 is 1.56 bits per heavy atom. The molecule has 0 aliphatic rings. The molecule has 2 N–H and O–H groups in total. The summed E-state index contributed by atoms with van der Waals surface area (Å²) in [6.07, 6.45) is 4.52. The van der Waals surface area contributed by atoms with Crippen LogP contribution < -0.4 is 10.2 Å². The van der Waals surface area contributed by atoms with E-state index in [1.54, 1.807) is 24.1 Å². The fraction of sp³-hybridized carbons (Fsp3) is 0.344. The zero-order chi connectivity index (χ0) is 28.0. The molecule has 3 aromatic rings. The molecule has 2 amide bonds. The van der Waals surface area contributed by atoms with Crippen LogP contribution in [0.15, 0.2) is 78.9 Å². The minimum Gasteiger partial charge on any atom is -0.478 e. The zero-order valence-corrected chi connectivity index (χ0v) is 22.8. The average Bonchev–Trinajstić information content (AvgIpc) is 2.95. The normalized spacial score (nSPS) is 11.4. The van der Waals surface area contributed by atoms with Crippen LogP contribution >= 0.6 is 0 Å². The SMILES string of the molecule is CCCCCCCNC(=O)N(C)c1cccc(-c2ccc(CC(OC(=O)Cc3ccccc3)C(=O)O)cc2)c1. The second-order valence-corrected chi connectivity index (χ2v) is 9.64. The number of carboxylic acid groups (broad SMARTS) is 1. The lowest BCUT2D eigenvalue weighted by atomic mass is 10.0. The number of anilines is 1. The molecule has 0 aliphatic carbocycles. The third-order valence-corrected chi connectivity index (χ3v) is 6.54. The van der Waals surface area contributed by atoms with Crippen molar-refractivity contribution in [2.24, 2.45) is 0 Å². The molecule has 0 heterocycles. The van der Waals surface area contributed by atoms with Crippen LogP contribution in [0.4, 0.5) is 10.5 Å². The predicted molar refractivity (Wildman–Crippen MR) is 154 cm³/mol. The van der Waals surface area contributed by atoms with Crippen LogP contribution in [0, 0.1) is 0 Å². The van der Waals surface area contributed by atoms with Crippen molar-refractivity contribution in [1.82, 2.24) is 5.32 Å². The van der Waals surface area contributed by atoms with Crippen molar-refractivity contribution in [1.29, 1.82) is 0 Å². The van der Waals surface area contributed by atoms with Gasteiger partial charge in [0, 0.05) is 25.7 Å². The summed E-state index contributed by atoms with van der Waals surface area (Å²) in [6.45, 7) is 2.84. The third kappa shape index (κ3) is 9.60. The highest BCUT2D eigenvalue weighted by atomic mass is 16.6. The minimum absolute atomic E-state index is 0.0192. The van der Waals surface area contributed by atoms with E-state index in [0.717, 1.165) is 40.8 Å². The summed E-state index contributed by atoms with van der Waals surface area (Å²) in [7, 11) is 1.75. The number of hydrogen-bond donors (Lipinski definition) is 2. The number of benzene rings is 3. The molecule has 1 atom stereocenters. The maximum Gasteiger partial charge on any atom is 0.345 e. The van der Waals surface area contributed by atoms with Gasteiger partial charge in [0.2, 0.25) is 6.10 Å². The van der Waals surface area contributed by atoms with Gasteiger partial charge >= 0.3 is 18.0 Å². The number of urea groups is 1. The molecule has 7 nitrogen and oxygen atoms in total. The molecule has 206 valence electrons. The first-order valence-corrected chi connectivity index (χ1v) is 13.5. The number of carboxylic acids is 1. The van der Waals surface area contributed by atoms with E-state index < -0.39 is 18.0 Å². The van der Waals surface area contributed by atoms with Crippen LogP contribution in [0.1, 0.15) is 50.2 Å². The molecular weight excluding hydrogens is 492 g/mol. The standard InChI is InChI=1S/C32H38N2O5/c1-3-4-5-6-10-20-33-32(38)34(2)28-15-11-14-27(23-28)26-18-16-25(17-19-26)21-29(31(36)37)39-30(35)22-24-12-8-7-9-13-24/h7-9,11-19,23,29H,3-6,10,20-22H2,1-2H3,(H,33,38)(H,36,37). The first kappa shape index (κ1) is 29.4. The molecule has 0 fully saturated rings. The average molecular weight is 531 g/mol. The number of unbranched alkanes of at least 4 members (excludes halogenated alkanes) is 4. The van der Waals surface area contributed by atoms with Crippen LogP contribution in [-0.2, 0) is 27.2 Å². The molecule has 0 radical (unpaired) electrons. The fourth-order valence-corrected chi connectivity index (χ4v) is 4.24. The second kappa shape index (κ2) is 15.3. The van der Waals surface area contributed by atoms with Gasteiger partial charge in [0.05, 0.1) is 6.42 Å². The Labute approximate surface area is 230 Å². The Bertz CT molecular complexity index is 1210. The molecule has 3 aromatic carbocycles. The number of carbonyl (C=O) groups excluding carboxylic acids is 2. The fourth-order valence-electron chi connectivity index (χ4n) is 4.24. The van der Waals surface area contributed by atoms with Gasteiger partial charge in [-0.15, -0.1) is 0 Å². The molecule has 3 rings (SSSR count). The predicted octanol–water partition coefficient (Wildman–Crippen LogP) is 6.25. The third-order valence-electron chi connectivity index (χ3n) is 6.54. The Kier molecular flexibility index (Phi) is 11.6. The Morgan fingerprint density at radius 1 is 0.846 bits per heavy atom. The lowest BCUT2D eigenvalue weighted by molar-refractivity contribution is -0.163. The highest BCUT2D eigenvalue weighted by Gasteiger charge is 2.23. The first-order valence-electron chi connectivity index (χ1n) is 13.5. The van der Waals surface area contributed by atoms with Crippen molar-refractivity contribution >= 4 is 23.7 Å². The summed E-state index contributed by atoms with van der Waals surface area (Å²) in [5, 5.41) is 12.6. The summed E-state index contributed by atoms with van der Waals surface area (Å²) >= 11 is 0. The summed E-state index contributed by atoms with van der Waals surface area (Å²) in [5.41, 5.74) is 4.14. The van der Waals surface area contributed by atoms with Crippen LogP contribution in [0.3, 0.4) is 0 Å². The van der Waals surface area contributed by atoms with Crippen molar-refractivity contribution < 1.29 is 24.2 Å². The molecule has 0 saturated heterocycles. The van der Waals surface area contributed by atoms with Gasteiger partial charge in [-0.25, -0.2) is 9.59 Å². The number of esters is 1. The van der Waals surface area contributed by atoms with Crippen molar-refractivity contribution in [3.8, 4) is 11.1 Å². The zero-order valence-electron chi connectivity index (χ0n) is 22.8. The largest absolute Gasteiger partial charge is 0.478 e. The highest BCUT2D eigenvalue weighted by molar-refractivity contribution is 5.92. The topological polar surface area (TPSA) is 95.9 Å². The van der Waals surface area contributed by atoms with Crippen molar-refractivity contribution in [2.45, 2.75) is 58.0 Å². The Hall–Kier alpha value is -4.13. The molecule has 1 unspecified atom stereocenters. The summed E-state index contributed by atoms with van der Waals surface area (Å²) in [4.78, 5) is 38.2. The van der Waals surface area contributed by atoms with Crippen LogP contribution in [-0.4, -0.2) is 42.8 Å². The van der Waals surface area contributed by atoms with Crippen LogP contribution in [0.2, 0.25) is 0 Å². The van der Waals surface area contributed by atoms with E-state index in [2.05, 4.69) is 12.2 Å². The molecule has 0 aliphatic heterocycles. The minimum atomic E-state index is -1.27. The van der Waals surface area contributed by atoms with E-state index in [0.29, 0.717) is 6.54 Å². The van der Waals surface area contributed by atoms with Gasteiger partial charge in [-0.05, 0) is 40.8 Å². The maximum absolute atomic E-state index is 12.6. The molecule has 0 saturated carbocycles. The smallest absolute Gasteiger partial charge is 0.345 e. The van der Waals surface area contributed by atoms with Gasteiger partial charge in [-0.3, -0.25) is 9.69 Å². The molecule has 7 heteroatoms. The number of carbonyl (C=O) groups is 3. The number of aliphatic carboxylic acids is 1.